The summed E-state index contributed by atoms with van der Waals surface area (Å²) in [6, 6.07) is 8.23. The van der Waals surface area contributed by atoms with Gasteiger partial charge in [0.2, 0.25) is 0 Å². The van der Waals surface area contributed by atoms with Crippen LogP contribution in [0.15, 0.2) is 24.4 Å². The fourth-order valence-electron chi connectivity index (χ4n) is 3.88. The van der Waals surface area contributed by atoms with Crippen molar-refractivity contribution >= 4 is 17.0 Å². The molecule has 6 nitrogen and oxygen atoms in total. The second-order valence-corrected chi connectivity index (χ2v) is 8.91. The van der Waals surface area contributed by atoms with Crippen molar-refractivity contribution in [3.8, 4) is 6.07 Å². The first-order chi connectivity index (χ1) is 13.8. The van der Waals surface area contributed by atoms with Crippen LogP contribution in [0.1, 0.15) is 57.6 Å². The number of nitrogens with one attached hydrogen (secondary N) is 2. The zero-order valence-electron chi connectivity index (χ0n) is 17.8. The van der Waals surface area contributed by atoms with Crippen LogP contribution in [0.3, 0.4) is 0 Å². The van der Waals surface area contributed by atoms with Gasteiger partial charge in [-0.25, -0.2) is 4.79 Å². The zero-order chi connectivity index (χ0) is 20.9. The van der Waals surface area contributed by atoms with Gasteiger partial charge < -0.3 is 19.9 Å². The molecule has 1 saturated heterocycles. The molecular weight excluding hydrogens is 364 g/mol. The molecular formula is C23H32N4O2. The number of rotatable bonds is 6. The van der Waals surface area contributed by atoms with Crippen LogP contribution in [0.2, 0.25) is 0 Å². The number of alkyl carbamates (subject to hydrolysis) is 1. The number of fused-ring (bicyclic) bond motifs is 1. The summed E-state index contributed by atoms with van der Waals surface area (Å²) >= 11 is 0. The molecule has 0 saturated carbocycles. The standard InChI is InChI=1S/C23H32N4O2/c1-23(2,3)29-22(28)26-19-9-12-27(13-10-19)11-5-4-6-18-16-25-21-8-7-17(15-24)14-20(18)21/h7-8,14,16,19,25H,4-6,9-13H2,1-3H3,(H,26,28). The minimum Gasteiger partial charge on any atom is -0.444 e. The lowest BCUT2D eigenvalue weighted by Gasteiger charge is -2.32. The van der Waals surface area contributed by atoms with Crippen LogP contribution in [0.25, 0.3) is 10.9 Å². The molecule has 2 N–H and O–H groups in total. The van der Waals surface area contributed by atoms with Crippen LogP contribution >= 0.6 is 0 Å². The molecule has 1 fully saturated rings. The van der Waals surface area contributed by atoms with E-state index in [1.807, 2.05) is 39.0 Å². The van der Waals surface area contributed by atoms with Crippen molar-refractivity contribution in [2.24, 2.45) is 0 Å². The Morgan fingerprint density at radius 1 is 1.31 bits per heavy atom. The number of ether oxygens (including phenoxy) is 1. The maximum atomic E-state index is 11.9. The summed E-state index contributed by atoms with van der Waals surface area (Å²) in [7, 11) is 0. The normalized spacial score (nSPS) is 15.9. The first kappa shape index (κ1) is 21.2. The molecule has 6 heteroatoms. The van der Waals surface area contributed by atoms with Gasteiger partial charge in [-0.2, -0.15) is 5.26 Å². The predicted octanol–water partition coefficient (Wildman–Crippen LogP) is 4.35. The van der Waals surface area contributed by atoms with E-state index in [-0.39, 0.29) is 12.1 Å². The number of hydrogen-bond donors (Lipinski definition) is 2. The second kappa shape index (κ2) is 9.32. The van der Waals surface area contributed by atoms with Crippen molar-refractivity contribution in [3.05, 3.63) is 35.5 Å². The molecule has 2 aromatic rings. The number of benzene rings is 1. The van der Waals surface area contributed by atoms with Crippen molar-refractivity contribution < 1.29 is 9.53 Å². The summed E-state index contributed by atoms with van der Waals surface area (Å²) in [6.07, 6.45) is 6.99. The van der Waals surface area contributed by atoms with Gasteiger partial charge in [0.1, 0.15) is 5.60 Å². The SMILES string of the molecule is CC(C)(C)OC(=O)NC1CCN(CCCCc2c[nH]c3ccc(C#N)cc23)CC1. The van der Waals surface area contributed by atoms with E-state index in [9.17, 15) is 4.79 Å². The monoisotopic (exact) mass is 396 g/mol. The molecule has 1 aliphatic rings. The molecule has 3 rings (SSSR count). The number of amides is 1. The van der Waals surface area contributed by atoms with Gasteiger partial charge in [0.15, 0.2) is 0 Å². The number of carbonyl (C=O) groups excluding carboxylic acids is 1. The van der Waals surface area contributed by atoms with E-state index in [0.29, 0.717) is 5.56 Å². The van der Waals surface area contributed by atoms with E-state index in [1.165, 1.54) is 5.56 Å². The average Bonchev–Trinajstić information content (AvgIpc) is 3.07. The third-order valence-corrected chi connectivity index (χ3v) is 5.38. The van der Waals surface area contributed by atoms with E-state index >= 15 is 0 Å². The van der Waals surface area contributed by atoms with Gasteiger partial charge in [-0.15, -0.1) is 0 Å². The molecule has 156 valence electrons. The number of piperidine rings is 1. The number of nitriles is 1. The van der Waals surface area contributed by atoms with Crippen molar-refractivity contribution in [3.63, 3.8) is 0 Å². The first-order valence-corrected chi connectivity index (χ1v) is 10.6. The highest BCUT2D eigenvalue weighted by Crippen LogP contribution is 2.21. The van der Waals surface area contributed by atoms with Crippen LogP contribution in [0.5, 0.6) is 0 Å². The Morgan fingerprint density at radius 2 is 2.07 bits per heavy atom. The number of aromatic nitrogens is 1. The topological polar surface area (TPSA) is 81.2 Å². The van der Waals surface area contributed by atoms with E-state index in [1.54, 1.807) is 0 Å². The Hall–Kier alpha value is -2.52. The van der Waals surface area contributed by atoms with Crippen LogP contribution in [-0.2, 0) is 11.2 Å². The third kappa shape index (κ3) is 6.23. The summed E-state index contributed by atoms with van der Waals surface area (Å²) in [4.78, 5) is 17.7. The Balaban J connectivity index is 1.36. The highest BCUT2D eigenvalue weighted by Gasteiger charge is 2.23. The van der Waals surface area contributed by atoms with Gasteiger partial charge >= 0.3 is 6.09 Å². The number of H-pyrrole nitrogens is 1. The van der Waals surface area contributed by atoms with Crippen molar-refractivity contribution in [2.45, 2.75) is 64.5 Å². The van der Waals surface area contributed by atoms with E-state index in [2.05, 4.69) is 27.5 Å². The lowest BCUT2D eigenvalue weighted by Crippen LogP contribution is -2.46. The summed E-state index contributed by atoms with van der Waals surface area (Å²) in [5.74, 6) is 0. The van der Waals surface area contributed by atoms with E-state index in [0.717, 1.165) is 62.6 Å². The summed E-state index contributed by atoms with van der Waals surface area (Å²) in [6.45, 7) is 8.76. The van der Waals surface area contributed by atoms with Crippen molar-refractivity contribution in [2.75, 3.05) is 19.6 Å². The van der Waals surface area contributed by atoms with Gasteiger partial charge in [0.05, 0.1) is 11.6 Å². The van der Waals surface area contributed by atoms with Crippen LogP contribution in [0.4, 0.5) is 4.79 Å². The molecule has 1 aliphatic heterocycles. The van der Waals surface area contributed by atoms with E-state index in [4.69, 9.17) is 10.00 Å². The fraction of sp³-hybridized carbons (Fsp3) is 0.565. The summed E-state index contributed by atoms with van der Waals surface area (Å²) in [5, 5.41) is 13.3. The number of aromatic amines is 1. The quantitative estimate of drug-likeness (QED) is 0.711. The highest BCUT2D eigenvalue weighted by molar-refractivity contribution is 5.84. The summed E-state index contributed by atoms with van der Waals surface area (Å²) < 4.78 is 5.34. The smallest absolute Gasteiger partial charge is 0.407 e. The number of hydrogen-bond acceptors (Lipinski definition) is 4. The molecule has 1 aromatic heterocycles. The Labute approximate surface area is 173 Å². The number of likely N-dealkylation sites (tertiary alicyclic amines) is 1. The van der Waals surface area contributed by atoms with Gasteiger partial charge in [0.25, 0.3) is 0 Å². The van der Waals surface area contributed by atoms with Gasteiger partial charge in [-0.05, 0) is 83.2 Å². The van der Waals surface area contributed by atoms with Crippen LogP contribution in [0, 0.1) is 11.3 Å². The average molecular weight is 397 g/mol. The Kier molecular flexibility index (Phi) is 6.81. The minimum atomic E-state index is -0.453. The van der Waals surface area contributed by atoms with Gasteiger partial charge in [-0.1, -0.05) is 0 Å². The van der Waals surface area contributed by atoms with Crippen LogP contribution < -0.4 is 5.32 Å². The molecule has 2 heterocycles. The molecule has 0 spiro atoms. The van der Waals surface area contributed by atoms with Gasteiger partial charge in [-0.3, -0.25) is 0 Å². The largest absolute Gasteiger partial charge is 0.444 e. The Bertz CT molecular complexity index is 867. The molecule has 29 heavy (non-hydrogen) atoms. The summed E-state index contributed by atoms with van der Waals surface area (Å²) in [5.41, 5.74) is 2.64. The Morgan fingerprint density at radius 3 is 2.76 bits per heavy atom. The maximum Gasteiger partial charge on any atom is 0.407 e. The second-order valence-electron chi connectivity index (χ2n) is 8.91. The third-order valence-electron chi connectivity index (χ3n) is 5.38. The molecule has 0 unspecified atom stereocenters. The first-order valence-electron chi connectivity index (χ1n) is 10.6. The van der Waals surface area contributed by atoms with E-state index < -0.39 is 5.60 Å². The molecule has 0 aliphatic carbocycles. The van der Waals surface area contributed by atoms with Gasteiger partial charge in [0, 0.05) is 36.2 Å². The number of unbranched alkanes of at least 4 members (excludes halogenated alkanes) is 1. The lowest BCUT2D eigenvalue weighted by molar-refractivity contribution is 0.0479. The van der Waals surface area contributed by atoms with Crippen molar-refractivity contribution in [1.82, 2.24) is 15.2 Å². The molecule has 0 bridgehead atoms. The predicted molar refractivity (Wildman–Crippen MR) is 115 cm³/mol. The maximum absolute atomic E-state index is 11.9. The lowest BCUT2D eigenvalue weighted by atomic mass is 10.0. The number of nitrogens with zero attached hydrogens (tertiary/aromatic N) is 2. The number of aryl methyl sites for hydroxylation is 1. The minimum absolute atomic E-state index is 0.210. The highest BCUT2D eigenvalue weighted by atomic mass is 16.6. The molecule has 1 amide bonds. The zero-order valence-corrected chi connectivity index (χ0v) is 17.8. The molecule has 1 aromatic carbocycles. The molecule has 0 radical (unpaired) electrons. The number of carbonyl (C=O) groups is 1. The molecule has 0 atom stereocenters. The fourth-order valence-corrected chi connectivity index (χ4v) is 3.88. The van der Waals surface area contributed by atoms with Crippen LogP contribution in [-0.4, -0.2) is 47.3 Å². The van der Waals surface area contributed by atoms with Crippen molar-refractivity contribution in [1.29, 1.82) is 5.26 Å².